The highest BCUT2D eigenvalue weighted by atomic mass is 19.1. The summed E-state index contributed by atoms with van der Waals surface area (Å²) in [6, 6.07) is 6.72. The maximum absolute atomic E-state index is 13.6. The Balaban J connectivity index is 1.71. The van der Waals surface area contributed by atoms with Gasteiger partial charge in [0.25, 0.3) is 5.91 Å². The second-order valence-corrected chi connectivity index (χ2v) is 5.85. The van der Waals surface area contributed by atoms with Gasteiger partial charge in [0.15, 0.2) is 0 Å². The van der Waals surface area contributed by atoms with Crippen molar-refractivity contribution in [3.63, 3.8) is 0 Å². The van der Waals surface area contributed by atoms with Crippen LogP contribution < -0.4 is 5.32 Å². The average Bonchev–Trinajstić information content (AvgIpc) is 2.95. The summed E-state index contributed by atoms with van der Waals surface area (Å²) in [5.41, 5.74) is 1.70. The summed E-state index contributed by atoms with van der Waals surface area (Å²) in [6.07, 6.45) is 5.37. The van der Waals surface area contributed by atoms with Gasteiger partial charge in [0.1, 0.15) is 17.3 Å². The van der Waals surface area contributed by atoms with E-state index in [4.69, 9.17) is 0 Å². The molecular weight excluding hydrogens is 324 g/mol. The molecule has 1 amide bonds. The molecule has 3 aromatic rings. The first-order valence-electron chi connectivity index (χ1n) is 8.26. The quantitative estimate of drug-likeness (QED) is 0.742. The van der Waals surface area contributed by atoms with Crippen LogP contribution in [-0.4, -0.2) is 22.0 Å². The van der Waals surface area contributed by atoms with Gasteiger partial charge in [0.05, 0.1) is 5.56 Å². The van der Waals surface area contributed by atoms with Gasteiger partial charge in [-0.3, -0.25) is 4.79 Å². The maximum atomic E-state index is 13.6. The van der Waals surface area contributed by atoms with Gasteiger partial charge in [-0.15, -0.1) is 0 Å². The van der Waals surface area contributed by atoms with E-state index in [1.807, 2.05) is 18.3 Å². The zero-order valence-corrected chi connectivity index (χ0v) is 13.9. The van der Waals surface area contributed by atoms with Crippen LogP contribution in [-0.2, 0) is 13.0 Å². The molecule has 1 N–H and O–H groups in total. The number of fused-ring (bicyclic) bond motifs is 1. The average molecular weight is 343 g/mol. The van der Waals surface area contributed by atoms with Gasteiger partial charge in [-0.2, -0.15) is 0 Å². The molecule has 0 saturated carbocycles. The summed E-state index contributed by atoms with van der Waals surface area (Å²) >= 11 is 0. The Hall–Kier alpha value is -2.76. The van der Waals surface area contributed by atoms with Gasteiger partial charge in [-0.1, -0.05) is 6.92 Å². The van der Waals surface area contributed by atoms with Crippen molar-refractivity contribution in [2.75, 3.05) is 6.54 Å². The Morgan fingerprint density at radius 3 is 2.92 bits per heavy atom. The fourth-order valence-electron chi connectivity index (χ4n) is 2.88. The van der Waals surface area contributed by atoms with Crippen LogP contribution in [0.5, 0.6) is 0 Å². The second-order valence-electron chi connectivity index (χ2n) is 5.85. The Morgan fingerprint density at radius 2 is 2.12 bits per heavy atom. The Bertz CT molecular complexity index is 905. The largest absolute Gasteiger partial charge is 0.352 e. The molecule has 0 radical (unpaired) electrons. The van der Waals surface area contributed by atoms with Crippen LogP contribution in [0.2, 0.25) is 0 Å². The van der Waals surface area contributed by atoms with E-state index in [-0.39, 0.29) is 5.56 Å². The molecule has 0 fully saturated rings. The Morgan fingerprint density at radius 1 is 1.28 bits per heavy atom. The number of amides is 1. The van der Waals surface area contributed by atoms with Gasteiger partial charge < -0.3 is 9.88 Å². The van der Waals surface area contributed by atoms with E-state index < -0.39 is 17.5 Å². The summed E-state index contributed by atoms with van der Waals surface area (Å²) in [6.45, 7) is 3.30. The molecular formula is C19H19F2N3O. The van der Waals surface area contributed by atoms with Crippen molar-refractivity contribution in [2.24, 2.45) is 0 Å². The summed E-state index contributed by atoms with van der Waals surface area (Å²) < 4.78 is 28.9. The maximum Gasteiger partial charge on any atom is 0.254 e. The van der Waals surface area contributed by atoms with Gasteiger partial charge >= 0.3 is 0 Å². The SMILES string of the molecule is CCCn1cc(CCNC(=O)c2cc(F)ccc2F)c2cccnc21. The number of nitrogens with one attached hydrogen (secondary N) is 1. The lowest BCUT2D eigenvalue weighted by atomic mass is 10.1. The van der Waals surface area contributed by atoms with E-state index in [0.717, 1.165) is 47.8 Å². The number of carbonyl (C=O) groups is 1. The first-order valence-corrected chi connectivity index (χ1v) is 8.26. The number of hydrogen-bond donors (Lipinski definition) is 1. The van der Waals surface area contributed by atoms with Gasteiger partial charge in [-0.05, 0) is 48.7 Å². The predicted molar refractivity (Wildman–Crippen MR) is 92.4 cm³/mol. The van der Waals surface area contributed by atoms with Crippen LogP contribution in [0, 0.1) is 11.6 Å². The standard InChI is InChI=1S/C19H19F2N3O/c1-2-10-24-12-13(15-4-3-8-22-18(15)24)7-9-23-19(25)16-11-14(20)5-6-17(16)21/h3-6,8,11-12H,2,7,9-10H2,1H3,(H,23,25). The van der Waals surface area contributed by atoms with Crippen LogP contribution in [0.1, 0.15) is 29.3 Å². The number of aromatic nitrogens is 2. The zero-order valence-electron chi connectivity index (χ0n) is 13.9. The molecule has 0 aliphatic heterocycles. The van der Waals surface area contributed by atoms with Crippen molar-refractivity contribution in [1.29, 1.82) is 0 Å². The highest BCUT2D eigenvalue weighted by molar-refractivity contribution is 5.94. The molecule has 2 heterocycles. The van der Waals surface area contributed by atoms with E-state index in [0.29, 0.717) is 13.0 Å². The lowest BCUT2D eigenvalue weighted by molar-refractivity contribution is 0.0949. The van der Waals surface area contributed by atoms with Crippen molar-refractivity contribution in [1.82, 2.24) is 14.9 Å². The number of hydrogen-bond acceptors (Lipinski definition) is 2. The van der Waals surface area contributed by atoms with E-state index in [1.54, 1.807) is 6.20 Å². The zero-order chi connectivity index (χ0) is 17.8. The number of nitrogens with zero attached hydrogens (tertiary/aromatic N) is 2. The number of rotatable bonds is 6. The lowest BCUT2D eigenvalue weighted by Crippen LogP contribution is -2.26. The summed E-state index contributed by atoms with van der Waals surface area (Å²) in [7, 11) is 0. The van der Waals surface area contributed by atoms with Gasteiger partial charge in [0.2, 0.25) is 0 Å². The molecule has 0 bridgehead atoms. The Kier molecular flexibility index (Phi) is 5.07. The van der Waals surface area contributed by atoms with Crippen molar-refractivity contribution in [2.45, 2.75) is 26.3 Å². The molecule has 0 aliphatic carbocycles. The van der Waals surface area contributed by atoms with Crippen molar-refractivity contribution < 1.29 is 13.6 Å². The molecule has 3 rings (SSSR count). The number of benzene rings is 1. The van der Waals surface area contributed by atoms with E-state index >= 15 is 0 Å². The third kappa shape index (κ3) is 3.68. The first kappa shape index (κ1) is 17.1. The summed E-state index contributed by atoms with van der Waals surface area (Å²) in [5.74, 6) is -1.99. The van der Waals surface area contributed by atoms with E-state index in [1.165, 1.54) is 0 Å². The number of carbonyl (C=O) groups excluding carboxylic acids is 1. The smallest absolute Gasteiger partial charge is 0.254 e. The molecule has 4 nitrogen and oxygen atoms in total. The highest BCUT2D eigenvalue weighted by Gasteiger charge is 2.13. The Labute approximate surface area is 144 Å². The minimum absolute atomic E-state index is 0.282. The monoisotopic (exact) mass is 343 g/mol. The van der Waals surface area contributed by atoms with Crippen molar-refractivity contribution in [3.05, 3.63) is 65.5 Å². The van der Waals surface area contributed by atoms with E-state index in [2.05, 4.69) is 21.8 Å². The third-order valence-corrected chi connectivity index (χ3v) is 4.03. The minimum atomic E-state index is -0.734. The van der Waals surface area contributed by atoms with E-state index in [9.17, 15) is 13.6 Å². The minimum Gasteiger partial charge on any atom is -0.352 e. The van der Waals surface area contributed by atoms with Crippen LogP contribution in [0.4, 0.5) is 8.78 Å². The van der Waals surface area contributed by atoms with Gasteiger partial charge in [-0.25, -0.2) is 13.8 Å². The molecule has 25 heavy (non-hydrogen) atoms. The number of halogens is 2. The van der Waals surface area contributed by atoms with Crippen LogP contribution in [0.3, 0.4) is 0 Å². The summed E-state index contributed by atoms with van der Waals surface area (Å²) in [4.78, 5) is 16.5. The molecule has 6 heteroatoms. The third-order valence-electron chi connectivity index (χ3n) is 4.03. The fourth-order valence-corrected chi connectivity index (χ4v) is 2.88. The molecule has 0 saturated heterocycles. The number of aryl methyl sites for hydroxylation is 1. The normalized spacial score (nSPS) is 11.0. The molecule has 0 unspecified atom stereocenters. The molecule has 0 spiro atoms. The molecule has 0 atom stereocenters. The molecule has 0 aliphatic rings. The molecule has 1 aromatic carbocycles. The topological polar surface area (TPSA) is 46.9 Å². The number of pyridine rings is 1. The molecule has 2 aromatic heterocycles. The van der Waals surface area contributed by atoms with Crippen LogP contribution >= 0.6 is 0 Å². The summed E-state index contributed by atoms with van der Waals surface area (Å²) in [5, 5.41) is 3.69. The second kappa shape index (κ2) is 7.42. The van der Waals surface area contributed by atoms with Crippen LogP contribution in [0.15, 0.2) is 42.7 Å². The van der Waals surface area contributed by atoms with Crippen molar-refractivity contribution in [3.8, 4) is 0 Å². The van der Waals surface area contributed by atoms with Crippen molar-refractivity contribution >= 4 is 16.9 Å². The molecule has 130 valence electrons. The van der Waals surface area contributed by atoms with Crippen LogP contribution in [0.25, 0.3) is 11.0 Å². The predicted octanol–water partition coefficient (Wildman–Crippen LogP) is 3.70. The van der Waals surface area contributed by atoms with Gasteiger partial charge in [0, 0.05) is 30.9 Å². The lowest BCUT2D eigenvalue weighted by Gasteiger charge is -2.06. The first-order chi connectivity index (χ1) is 12.1. The fraction of sp³-hybridized carbons (Fsp3) is 0.263. The highest BCUT2D eigenvalue weighted by Crippen LogP contribution is 2.20.